The van der Waals surface area contributed by atoms with Gasteiger partial charge < -0.3 is 13.8 Å². The van der Waals surface area contributed by atoms with E-state index in [4.69, 9.17) is 9.26 Å². The van der Waals surface area contributed by atoms with Gasteiger partial charge in [-0.2, -0.15) is 21.6 Å². The maximum absolute atomic E-state index is 13.1. The zero-order valence-corrected chi connectivity index (χ0v) is 15.6. The van der Waals surface area contributed by atoms with Gasteiger partial charge in [-0.25, -0.2) is 0 Å². The number of hydrogen-bond acceptors (Lipinski definition) is 7. The Morgan fingerprint density at radius 1 is 1.20 bits per heavy atom. The van der Waals surface area contributed by atoms with Crippen LogP contribution in [-0.4, -0.2) is 35.1 Å². The molecule has 0 fully saturated rings. The molecule has 0 radical (unpaired) electrons. The van der Waals surface area contributed by atoms with Crippen LogP contribution in [0.1, 0.15) is 19.4 Å². The van der Waals surface area contributed by atoms with E-state index in [-0.39, 0.29) is 0 Å². The first kappa shape index (κ1) is 21.9. The normalized spacial score (nSPS) is 15.2. The minimum Gasteiger partial charge on any atom is -0.495 e. The van der Waals surface area contributed by atoms with Crippen molar-refractivity contribution in [3.05, 3.63) is 23.8 Å². The summed E-state index contributed by atoms with van der Waals surface area (Å²) in [4.78, 5) is -1.21. The third kappa shape index (κ3) is 5.68. The molecule has 1 unspecified atom stereocenters. The lowest BCUT2D eigenvalue weighted by Crippen LogP contribution is -2.18. The molecule has 0 aromatic heterocycles. The van der Waals surface area contributed by atoms with Crippen molar-refractivity contribution in [3.8, 4) is 5.75 Å². The van der Waals surface area contributed by atoms with Crippen LogP contribution in [0.4, 0.5) is 13.2 Å². The summed E-state index contributed by atoms with van der Waals surface area (Å²) >= 11 is 0. The van der Waals surface area contributed by atoms with E-state index in [2.05, 4.69) is 8.71 Å². The first-order valence-corrected chi connectivity index (χ1v) is 9.96. The molecule has 0 N–H and O–H groups in total. The Morgan fingerprint density at radius 2 is 1.80 bits per heavy atom. The molecule has 1 aromatic carbocycles. The summed E-state index contributed by atoms with van der Waals surface area (Å²) in [6, 6.07) is 2.59. The molecule has 0 amide bonds. The molecule has 0 saturated carbocycles. The standard InChI is InChI=1S/C13H18F3O7PS/c1-9(2)23-24(17,21-4)8-22-25(18,19)12-10(13(14,15)16)6-5-7-11(12)20-3/h5-7,9H,8H2,1-4H3. The minimum absolute atomic E-state index is 0.563. The van der Waals surface area contributed by atoms with Gasteiger partial charge in [0, 0.05) is 7.11 Å². The molecule has 0 aliphatic rings. The third-order valence-corrected chi connectivity index (χ3v) is 6.04. The molecule has 25 heavy (non-hydrogen) atoms. The van der Waals surface area contributed by atoms with Crippen molar-refractivity contribution in [1.82, 2.24) is 0 Å². The molecular weight excluding hydrogens is 388 g/mol. The fourth-order valence-corrected chi connectivity index (χ4v) is 4.73. The molecule has 7 nitrogen and oxygen atoms in total. The predicted molar refractivity (Wildman–Crippen MR) is 82.0 cm³/mol. The first-order valence-electron chi connectivity index (χ1n) is 6.83. The van der Waals surface area contributed by atoms with Gasteiger partial charge in [-0.05, 0) is 26.0 Å². The Balaban J connectivity index is 3.29. The van der Waals surface area contributed by atoms with Gasteiger partial charge in [0.25, 0.3) is 0 Å². The highest BCUT2D eigenvalue weighted by Gasteiger charge is 2.41. The quantitative estimate of drug-likeness (QED) is 0.481. The van der Waals surface area contributed by atoms with Crippen LogP contribution in [0.25, 0.3) is 0 Å². The SMILES string of the molecule is COc1cccc(C(F)(F)F)c1S(=O)(=O)OCP(=O)(OC)OC(C)C. The molecular formula is C13H18F3O7PS. The van der Waals surface area contributed by atoms with Crippen molar-refractivity contribution in [1.29, 1.82) is 0 Å². The summed E-state index contributed by atoms with van der Waals surface area (Å²) in [7, 11) is -6.94. The van der Waals surface area contributed by atoms with Gasteiger partial charge >= 0.3 is 23.9 Å². The highest BCUT2D eigenvalue weighted by molar-refractivity contribution is 7.87. The molecule has 0 aliphatic heterocycles. The summed E-state index contributed by atoms with van der Waals surface area (Å²) in [6.07, 6.45) is -6.65. The van der Waals surface area contributed by atoms with Gasteiger partial charge in [-0.1, -0.05) is 6.07 Å². The number of hydrogen-bond donors (Lipinski definition) is 0. The molecule has 1 aromatic rings. The molecule has 12 heteroatoms. The average molecular weight is 406 g/mol. The van der Waals surface area contributed by atoms with Crippen molar-refractivity contribution < 1.29 is 44.1 Å². The predicted octanol–water partition coefficient (Wildman–Crippen LogP) is 3.64. The zero-order chi connectivity index (χ0) is 19.5. The largest absolute Gasteiger partial charge is 0.495 e. The Morgan fingerprint density at radius 3 is 2.24 bits per heavy atom. The van der Waals surface area contributed by atoms with Crippen LogP contribution in [0.15, 0.2) is 23.1 Å². The van der Waals surface area contributed by atoms with Crippen molar-refractivity contribution in [2.75, 3.05) is 20.6 Å². The van der Waals surface area contributed by atoms with Crippen molar-refractivity contribution in [2.24, 2.45) is 0 Å². The van der Waals surface area contributed by atoms with E-state index in [0.29, 0.717) is 6.07 Å². The number of methoxy groups -OCH3 is 1. The summed E-state index contributed by atoms with van der Waals surface area (Å²) in [6.45, 7) is 3.03. The number of halogens is 3. The van der Waals surface area contributed by atoms with Crippen LogP contribution in [0.3, 0.4) is 0 Å². The lowest BCUT2D eigenvalue weighted by molar-refractivity contribution is -0.140. The minimum atomic E-state index is -4.97. The second kappa shape index (κ2) is 8.05. The molecule has 0 bridgehead atoms. The van der Waals surface area contributed by atoms with Crippen LogP contribution in [0.2, 0.25) is 0 Å². The van der Waals surface area contributed by atoms with E-state index in [0.717, 1.165) is 26.4 Å². The summed E-state index contributed by atoms with van der Waals surface area (Å²) < 4.78 is 95.0. The fourth-order valence-electron chi connectivity index (χ4n) is 1.80. The van der Waals surface area contributed by atoms with Gasteiger partial charge in [-0.3, -0.25) is 8.75 Å². The van der Waals surface area contributed by atoms with Gasteiger partial charge in [-0.15, -0.1) is 0 Å². The summed E-state index contributed by atoms with van der Waals surface area (Å²) in [5.41, 5.74) is -1.47. The van der Waals surface area contributed by atoms with Crippen LogP contribution >= 0.6 is 7.60 Å². The summed E-state index contributed by atoms with van der Waals surface area (Å²) in [5, 5.41) is 0. The van der Waals surface area contributed by atoms with Gasteiger partial charge in [0.15, 0.2) is 6.35 Å². The Labute approximate surface area is 143 Å². The van der Waals surface area contributed by atoms with Gasteiger partial charge in [0.1, 0.15) is 10.6 Å². The number of rotatable bonds is 8. The first-order chi connectivity index (χ1) is 11.4. The molecule has 0 heterocycles. The molecule has 144 valence electrons. The molecule has 1 atom stereocenters. The van der Waals surface area contributed by atoms with Crippen LogP contribution in [0.5, 0.6) is 5.75 Å². The molecule has 0 spiro atoms. The van der Waals surface area contributed by atoms with E-state index in [9.17, 15) is 26.2 Å². The van der Waals surface area contributed by atoms with Crippen LogP contribution < -0.4 is 4.74 Å². The highest BCUT2D eigenvalue weighted by atomic mass is 32.2. The Kier molecular flexibility index (Phi) is 7.05. The van der Waals surface area contributed by atoms with Crippen LogP contribution in [0, 0.1) is 0 Å². The highest BCUT2D eigenvalue weighted by Crippen LogP contribution is 2.49. The second-order valence-corrected chi connectivity index (χ2v) is 8.59. The lowest BCUT2D eigenvalue weighted by Gasteiger charge is -2.20. The molecule has 1 rings (SSSR count). The number of ether oxygens (including phenoxy) is 1. The second-order valence-electron chi connectivity index (χ2n) is 4.98. The maximum Gasteiger partial charge on any atom is 0.417 e. The smallest absolute Gasteiger partial charge is 0.417 e. The van der Waals surface area contributed by atoms with Gasteiger partial charge in [0.2, 0.25) is 0 Å². The van der Waals surface area contributed by atoms with E-state index in [1.54, 1.807) is 0 Å². The van der Waals surface area contributed by atoms with Crippen molar-refractivity contribution in [3.63, 3.8) is 0 Å². The third-order valence-electron chi connectivity index (χ3n) is 2.77. The topological polar surface area (TPSA) is 88.1 Å². The fraction of sp³-hybridized carbons (Fsp3) is 0.538. The number of benzene rings is 1. The Bertz CT molecular complexity index is 746. The van der Waals surface area contributed by atoms with Crippen LogP contribution in [-0.2, 0) is 34.1 Å². The monoisotopic (exact) mass is 406 g/mol. The van der Waals surface area contributed by atoms with Crippen molar-refractivity contribution >= 4 is 17.7 Å². The molecule has 0 saturated heterocycles. The molecule has 0 aliphatic carbocycles. The summed E-state index contributed by atoms with van der Waals surface area (Å²) in [5.74, 6) is -0.563. The van der Waals surface area contributed by atoms with Crippen molar-refractivity contribution in [2.45, 2.75) is 31.0 Å². The number of alkyl halides is 3. The maximum atomic E-state index is 13.1. The van der Waals surface area contributed by atoms with E-state index in [1.807, 2.05) is 0 Å². The van der Waals surface area contributed by atoms with E-state index in [1.165, 1.54) is 13.8 Å². The zero-order valence-electron chi connectivity index (χ0n) is 13.9. The van der Waals surface area contributed by atoms with E-state index >= 15 is 0 Å². The Hall–Kier alpha value is -1.13. The lowest BCUT2D eigenvalue weighted by atomic mass is 10.2. The van der Waals surface area contributed by atoms with Gasteiger partial charge in [0.05, 0.1) is 18.8 Å². The average Bonchev–Trinajstić information content (AvgIpc) is 2.51. The van der Waals surface area contributed by atoms with E-state index < -0.39 is 52.6 Å².